The monoisotopic (exact) mass is 374 g/mol. The number of ether oxygens (including phenoxy) is 2. The van der Waals surface area contributed by atoms with Gasteiger partial charge < -0.3 is 24.7 Å². The molecule has 146 valence electrons. The van der Waals surface area contributed by atoms with Gasteiger partial charge in [-0.05, 0) is 38.4 Å². The number of hydrogen-bond acceptors (Lipinski definition) is 5. The number of aromatic nitrogens is 1. The average Bonchev–Trinajstić information content (AvgIpc) is 3.07. The number of benzene rings is 1. The van der Waals surface area contributed by atoms with Gasteiger partial charge in [-0.3, -0.25) is 14.5 Å². The van der Waals surface area contributed by atoms with E-state index in [2.05, 4.69) is 10.6 Å². The largest absolute Gasteiger partial charge is 0.497 e. The van der Waals surface area contributed by atoms with Crippen molar-refractivity contribution in [2.24, 2.45) is 7.05 Å². The first-order chi connectivity index (χ1) is 12.9. The molecule has 0 aliphatic carbocycles. The van der Waals surface area contributed by atoms with Gasteiger partial charge in [-0.25, -0.2) is 0 Å². The molecule has 0 radical (unpaired) electrons. The van der Waals surface area contributed by atoms with Crippen LogP contribution in [0.2, 0.25) is 0 Å². The number of rotatable bonds is 7. The molecule has 1 atom stereocenters. The van der Waals surface area contributed by atoms with E-state index in [0.29, 0.717) is 23.7 Å². The third-order valence-corrected chi connectivity index (χ3v) is 4.27. The predicted octanol–water partition coefficient (Wildman–Crippen LogP) is 1.40. The fourth-order valence-electron chi connectivity index (χ4n) is 2.72. The quantitative estimate of drug-likeness (QED) is 0.716. The molecule has 0 saturated carbocycles. The van der Waals surface area contributed by atoms with Crippen LogP contribution in [0.1, 0.15) is 11.7 Å². The van der Waals surface area contributed by atoms with Gasteiger partial charge in [-0.15, -0.1) is 0 Å². The zero-order valence-corrected chi connectivity index (χ0v) is 16.3. The van der Waals surface area contributed by atoms with E-state index in [4.69, 9.17) is 9.47 Å². The number of nitrogens with zero attached hydrogens (tertiary/aromatic N) is 2. The van der Waals surface area contributed by atoms with E-state index < -0.39 is 11.8 Å². The lowest BCUT2D eigenvalue weighted by Crippen LogP contribution is -2.40. The van der Waals surface area contributed by atoms with E-state index in [0.717, 1.165) is 5.69 Å². The van der Waals surface area contributed by atoms with E-state index in [9.17, 15) is 9.59 Å². The summed E-state index contributed by atoms with van der Waals surface area (Å²) >= 11 is 0. The molecule has 2 rings (SSSR count). The van der Waals surface area contributed by atoms with E-state index >= 15 is 0 Å². The molecule has 2 aromatic rings. The molecule has 0 bridgehead atoms. The second-order valence-corrected chi connectivity index (χ2v) is 6.25. The molecule has 0 aliphatic heterocycles. The van der Waals surface area contributed by atoms with E-state index in [1.54, 1.807) is 18.2 Å². The summed E-state index contributed by atoms with van der Waals surface area (Å²) in [5.41, 5.74) is 1.43. The Hall–Kier alpha value is -3.00. The van der Waals surface area contributed by atoms with Crippen molar-refractivity contribution in [1.29, 1.82) is 0 Å². The van der Waals surface area contributed by atoms with E-state index in [-0.39, 0.29) is 6.04 Å². The Kier molecular flexibility index (Phi) is 6.84. The number of carbonyl (C=O) groups is 2. The van der Waals surface area contributed by atoms with Crippen LogP contribution in [0.25, 0.3) is 0 Å². The second kappa shape index (κ2) is 9.09. The van der Waals surface area contributed by atoms with Crippen LogP contribution in [0.3, 0.4) is 0 Å². The summed E-state index contributed by atoms with van der Waals surface area (Å²) < 4.78 is 12.3. The molecule has 1 aromatic heterocycles. The van der Waals surface area contributed by atoms with Crippen molar-refractivity contribution in [3.05, 3.63) is 42.2 Å². The van der Waals surface area contributed by atoms with Crippen LogP contribution in [-0.2, 0) is 16.6 Å². The molecule has 2 amide bonds. The molecule has 2 N–H and O–H groups in total. The Labute approximate surface area is 159 Å². The molecule has 27 heavy (non-hydrogen) atoms. The van der Waals surface area contributed by atoms with Gasteiger partial charge in [0.15, 0.2) is 0 Å². The maximum absolute atomic E-state index is 12.2. The van der Waals surface area contributed by atoms with Crippen molar-refractivity contribution < 1.29 is 19.1 Å². The van der Waals surface area contributed by atoms with Crippen LogP contribution < -0.4 is 20.1 Å². The highest BCUT2D eigenvalue weighted by atomic mass is 16.5. The fourth-order valence-corrected chi connectivity index (χ4v) is 2.72. The van der Waals surface area contributed by atoms with Gasteiger partial charge in [0.25, 0.3) is 0 Å². The van der Waals surface area contributed by atoms with E-state index in [1.165, 1.54) is 14.2 Å². The molecule has 0 fully saturated rings. The Morgan fingerprint density at radius 1 is 1.15 bits per heavy atom. The Bertz CT molecular complexity index is 801. The minimum absolute atomic E-state index is 0.0581. The summed E-state index contributed by atoms with van der Waals surface area (Å²) in [7, 11) is 8.80. The lowest BCUT2D eigenvalue weighted by Gasteiger charge is -2.25. The molecule has 8 nitrogen and oxygen atoms in total. The SMILES string of the molecule is COc1ccc(NC(=O)C(=O)NC[C@@H](c2cccn2C)N(C)C)c(OC)c1. The molecule has 0 spiro atoms. The van der Waals surface area contributed by atoms with Crippen molar-refractivity contribution in [2.75, 3.05) is 40.2 Å². The maximum atomic E-state index is 12.2. The zero-order valence-electron chi connectivity index (χ0n) is 16.3. The lowest BCUT2D eigenvalue weighted by molar-refractivity contribution is -0.136. The third-order valence-electron chi connectivity index (χ3n) is 4.27. The Balaban J connectivity index is 2.01. The first-order valence-corrected chi connectivity index (χ1v) is 8.46. The van der Waals surface area contributed by atoms with Gasteiger partial charge >= 0.3 is 11.8 Å². The summed E-state index contributed by atoms with van der Waals surface area (Å²) in [4.78, 5) is 26.5. The Morgan fingerprint density at radius 2 is 1.89 bits per heavy atom. The van der Waals surface area contributed by atoms with Crippen molar-refractivity contribution >= 4 is 17.5 Å². The standard InChI is InChI=1S/C19H26N4O4/c1-22(2)16(15-7-6-10-23(15)3)12-20-18(24)19(25)21-14-9-8-13(26-4)11-17(14)27-5/h6-11,16H,12H2,1-5H3,(H,20,24)(H,21,25)/t16-/m0/s1. The molecule has 0 unspecified atom stereocenters. The minimum atomic E-state index is -0.761. The first-order valence-electron chi connectivity index (χ1n) is 8.46. The molecule has 1 aromatic carbocycles. The number of nitrogens with one attached hydrogen (secondary N) is 2. The molecule has 8 heteroatoms. The molecule has 1 heterocycles. The van der Waals surface area contributed by atoms with E-state index in [1.807, 2.05) is 48.9 Å². The summed E-state index contributed by atoms with van der Waals surface area (Å²) in [5, 5.41) is 5.25. The molecular weight excluding hydrogens is 348 g/mol. The normalized spacial score (nSPS) is 11.8. The number of carbonyl (C=O) groups excluding carboxylic acids is 2. The number of aryl methyl sites for hydroxylation is 1. The highest BCUT2D eigenvalue weighted by molar-refractivity contribution is 6.39. The highest BCUT2D eigenvalue weighted by Crippen LogP contribution is 2.28. The van der Waals surface area contributed by atoms with Gasteiger partial charge in [0.2, 0.25) is 0 Å². The van der Waals surface area contributed by atoms with Gasteiger partial charge in [0.05, 0.1) is 25.9 Å². The molecular formula is C19H26N4O4. The number of hydrogen-bond donors (Lipinski definition) is 2. The summed E-state index contributed by atoms with van der Waals surface area (Å²) in [5.74, 6) is -0.479. The summed E-state index contributed by atoms with van der Waals surface area (Å²) in [6.45, 7) is 0.302. The highest BCUT2D eigenvalue weighted by Gasteiger charge is 2.21. The lowest BCUT2D eigenvalue weighted by atomic mass is 10.2. The van der Waals surface area contributed by atoms with Crippen LogP contribution in [-0.4, -0.2) is 56.1 Å². The average molecular weight is 374 g/mol. The van der Waals surface area contributed by atoms with Crippen LogP contribution in [0.5, 0.6) is 11.5 Å². The van der Waals surface area contributed by atoms with Crippen LogP contribution >= 0.6 is 0 Å². The number of likely N-dealkylation sites (N-methyl/N-ethyl adjacent to an activating group) is 1. The van der Waals surface area contributed by atoms with Gasteiger partial charge in [0.1, 0.15) is 11.5 Å². The van der Waals surface area contributed by atoms with Crippen LogP contribution in [0, 0.1) is 0 Å². The topological polar surface area (TPSA) is 84.8 Å². The number of amides is 2. The predicted molar refractivity (Wildman–Crippen MR) is 103 cm³/mol. The second-order valence-electron chi connectivity index (χ2n) is 6.25. The molecule has 0 aliphatic rings. The van der Waals surface area contributed by atoms with Crippen LogP contribution in [0.4, 0.5) is 5.69 Å². The number of methoxy groups -OCH3 is 2. The molecule has 0 saturated heterocycles. The number of anilines is 1. The van der Waals surface area contributed by atoms with Crippen molar-refractivity contribution in [2.45, 2.75) is 6.04 Å². The Morgan fingerprint density at radius 3 is 2.44 bits per heavy atom. The van der Waals surface area contributed by atoms with Crippen molar-refractivity contribution in [3.8, 4) is 11.5 Å². The summed E-state index contributed by atoms with van der Waals surface area (Å²) in [6.07, 6.45) is 1.94. The third kappa shape index (κ3) is 5.01. The van der Waals surface area contributed by atoms with Crippen molar-refractivity contribution in [1.82, 2.24) is 14.8 Å². The maximum Gasteiger partial charge on any atom is 0.313 e. The van der Waals surface area contributed by atoms with Gasteiger partial charge in [-0.2, -0.15) is 0 Å². The first kappa shape index (κ1) is 20.3. The van der Waals surface area contributed by atoms with Gasteiger partial charge in [0, 0.05) is 31.5 Å². The fraction of sp³-hybridized carbons (Fsp3) is 0.368. The minimum Gasteiger partial charge on any atom is -0.497 e. The van der Waals surface area contributed by atoms with Gasteiger partial charge in [-0.1, -0.05) is 0 Å². The smallest absolute Gasteiger partial charge is 0.313 e. The summed E-state index contributed by atoms with van der Waals surface area (Å²) in [6, 6.07) is 8.79. The van der Waals surface area contributed by atoms with Crippen LogP contribution in [0.15, 0.2) is 36.5 Å². The zero-order chi connectivity index (χ0) is 20.0. The van der Waals surface area contributed by atoms with Crippen molar-refractivity contribution in [3.63, 3.8) is 0 Å².